The fourth-order valence-electron chi connectivity index (χ4n) is 2.06. The Hall–Kier alpha value is -1.84. The van der Waals surface area contributed by atoms with Crippen LogP contribution in [0.3, 0.4) is 0 Å². The highest BCUT2D eigenvalue weighted by Crippen LogP contribution is 2.11. The molecule has 0 radical (unpaired) electrons. The van der Waals surface area contributed by atoms with Gasteiger partial charge in [-0.25, -0.2) is 9.98 Å². The summed E-state index contributed by atoms with van der Waals surface area (Å²) < 4.78 is 7.44. The fraction of sp³-hybridized carbons (Fsp3) is 0.471. The van der Waals surface area contributed by atoms with Crippen LogP contribution in [0, 0.1) is 6.92 Å². The fourth-order valence-corrected chi connectivity index (χ4v) is 2.06. The van der Waals surface area contributed by atoms with Gasteiger partial charge >= 0.3 is 0 Å². The summed E-state index contributed by atoms with van der Waals surface area (Å²) in [6.07, 6.45) is 2.43. The molecule has 0 bridgehead atoms. The number of aryl methyl sites for hydroxylation is 2. The van der Waals surface area contributed by atoms with E-state index in [0.717, 1.165) is 37.0 Å². The van der Waals surface area contributed by atoms with Crippen LogP contribution in [0.1, 0.15) is 24.7 Å². The maximum Gasteiger partial charge on any atom is 0.191 e. The smallest absolute Gasteiger partial charge is 0.191 e. The molecule has 0 aliphatic heterocycles. The van der Waals surface area contributed by atoms with E-state index in [1.54, 1.807) is 4.68 Å². The van der Waals surface area contributed by atoms with Crippen molar-refractivity contribution in [3.63, 3.8) is 0 Å². The quantitative estimate of drug-likeness (QED) is 0.275. The number of aromatic nitrogens is 3. The number of aliphatic imine (C=N–C) groups is 1. The van der Waals surface area contributed by atoms with E-state index in [2.05, 4.69) is 44.8 Å². The molecule has 0 aliphatic carbocycles. The normalized spacial score (nSPS) is 10.9. The molecule has 0 saturated carbocycles. The topological polar surface area (TPSA) is 76.4 Å². The summed E-state index contributed by atoms with van der Waals surface area (Å²) in [5.74, 6) is 2.51. The van der Waals surface area contributed by atoms with Crippen molar-refractivity contribution in [3.05, 3.63) is 42.0 Å². The lowest BCUT2D eigenvalue weighted by molar-refractivity contribution is 0.311. The molecule has 0 aliphatic rings. The first-order valence-corrected chi connectivity index (χ1v) is 8.23. The molecular weight excluding hydrogens is 431 g/mol. The average Bonchev–Trinajstić information content (AvgIpc) is 2.99. The first-order valence-electron chi connectivity index (χ1n) is 8.23. The molecule has 1 heterocycles. The van der Waals surface area contributed by atoms with Crippen molar-refractivity contribution < 1.29 is 4.74 Å². The van der Waals surface area contributed by atoms with Crippen molar-refractivity contribution in [3.8, 4) is 5.75 Å². The van der Waals surface area contributed by atoms with Gasteiger partial charge in [-0.1, -0.05) is 17.7 Å². The van der Waals surface area contributed by atoms with E-state index in [9.17, 15) is 0 Å². The molecule has 2 aromatic rings. The van der Waals surface area contributed by atoms with Gasteiger partial charge in [0.25, 0.3) is 0 Å². The molecule has 0 fully saturated rings. The van der Waals surface area contributed by atoms with Gasteiger partial charge in [0.1, 0.15) is 24.4 Å². The second-order valence-electron chi connectivity index (χ2n) is 5.44. The molecular formula is C17H27IN6O. The Kier molecular flexibility index (Phi) is 9.90. The van der Waals surface area contributed by atoms with Gasteiger partial charge in [0.15, 0.2) is 5.96 Å². The minimum Gasteiger partial charge on any atom is -0.494 e. The van der Waals surface area contributed by atoms with Crippen molar-refractivity contribution in [1.29, 1.82) is 0 Å². The summed E-state index contributed by atoms with van der Waals surface area (Å²) in [5.41, 5.74) is 1.23. The number of ether oxygens (including phenoxy) is 1. The number of hydrogen-bond donors (Lipinski definition) is 2. The Bertz CT molecular complexity index is 641. The zero-order valence-corrected chi connectivity index (χ0v) is 17.4. The van der Waals surface area contributed by atoms with Crippen LogP contribution in [-0.2, 0) is 13.6 Å². The monoisotopic (exact) mass is 458 g/mol. The Balaban J connectivity index is 0.00000312. The van der Waals surface area contributed by atoms with Gasteiger partial charge in [-0.2, -0.15) is 5.10 Å². The van der Waals surface area contributed by atoms with Gasteiger partial charge < -0.3 is 15.4 Å². The molecule has 1 aromatic carbocycles. The third-order valence-corrected chi connectivity index (χ3v) is 3.43. The van der Waals surface area contributed by atoms with Gasteiger partial charge in [-0.3, -0.25) is 4.68 Å². The van der Waals surface area contributed by atoms with Crippen molar-refractivity contribution in [2.24, 2.45) is 12.0 Å². The summed E-state index contributed by atoms with van der Waals surface area (Å²) in [4.78, 5) is 8.68. The number of halogens is 1. The lowest BCUT2D eigenvalue weighted by Crippen LogP contribution is -2.38. The first kappa shape index (κ1) is 21.2. The SMILES string of the molecule is CCNC(=NCc1ncnn1C)NCCCOc1ccc(C)cc1.I. The number of nitrogens with one attached hydrogen (secondary N) is 2. The van der Waals surface area contributed by atoms with Crippen LogP contribution in [0.15, 0.2) is 35.6 Å². The molecule has 25 heavy (non-hydrogen) atoms. The molecule has 0 spiro atoms. The highest BCUT2D eigenvalue weighted by molar-refractivity contribution is 14.0. The summed E-state index contributed by atoms with van der Waals surface area (Å²) in [6, 6.07) is 8.09. The Morgan fingerprint density at radius 3 is 2.64 bits per heavy atom. The molecule has 0 amide bonds. The van der Waals surface area contributed by atoms with E-state index < -0.39 is 0 Å². The zero-order chi connectivity index (χ0) is 17.2. The van der Waals surface area contributed by atoms with E-state index in [1.807, 2.05) is 26.1 Å². The molecule has 7 nitrogen and oxygen atoms in total. The Labute approximate surface area is 166 Å². The Morgan fingerprint density at radius 2 is 2.00 bits per heavy atom. The van der Waals surface area contributed by atoms with Crippen molar-refractivity contribution in [2.45, 2.75) is 26.8 Å². The van der Waals surface area contributed by atoms with Crippen molar-refractivity contribution >= 4 is 29.9 Å². The van der Waals surface area contributed by atoms with E-state index in [4.69, 9.17) is 4.74 Å². The van der Waals surface area contributed by atoms with Crippen LogP contribution in [0.2, 0.25) is 0 Å². The first-order chi connectivity index (χ1) is 11.7. The summed E-state index contributed by atoms with van der Waals surface area (Å²) >= 11 is 0. The minimum absolute atomic E-state index is 0. The third kappa shape index (κ3) is 7.72. The highest BCUT2D eigenvalue weighted by Gasteiger charge is 2.01. The van der Waals surface area contributed by atoms with Crippen LogP contribution in [0.4, 0.5) is 0 Å². The summed E-state index contributed by atoms with van der Waals surface area (Å²) in [7, 11) is 1.86. The van der Waals surface area contributed by atoms with Gasteiger partial charge in [-0.05, 0) is 32.4 Å². The Morgan fingerprint density at radius 1 is 1.24 bits per heavy atom. The van der Waals surface area contributed by atoms with E-state index >= 15 is 0 Å². The zero-order valence-electron chi connectivity index (χ0n) is 15.0. The second-order valence-corrected chi connectivity index (χ2v) is 5.44. The summed E-state index contributed by atoms with van der Waals surface area (Å²) in [5, 5.41) is 10.6. The van der Waals surface area contributed by atoms with Gasteiger partial charge in [-0.15, -0.1) is 24.0 Å². The molecule has 138 valence electrons. The third-order valence-electron chi connectivity index (χ3n) is 3.43. The van der Waals surface area contributed by atoms with Crippen LogP contribution in [-0.4, -0.2) is 40.4 Å². The predicted octanol–water partition coefficient (Wildman–Crippen LogP) is 2.27. The highest BCUT2D eigenvalue weighted by atomic mass is 127. The van der Waals surface area contributed by atoms with Crippen molar-refractivity contribution in [1.82, 2.24) is 25.4 Å². The van der Waals surface area contributed by atoms with E-state index in [0.29, 0.717) is 13.2 Å². The summed E-state index contributed by atoms with van der Waals surface area (Å²) in [6.45, 7) is 6.86. The molecule has 0 saturated heterocycles. The molecule has 1 aromatic heterocycles. The molecule has 8 heteroatoms. The average molecular weight is 458 g/mol. The maximum absolute atomic E-state index is 5.72. The lowest BCUT2D eigenvalue weighted by Gasteiger charge is -2.11. The van der Waals surface area contributed by atoms with Gasteiger partial charge in [0, 0.05) is 20.1 Å². The number of guanidine groups is 1. The second kappa shape index (κ2) is 11.7. The minimum atomic E-state index is 0. The van der Waals surface area contributed by atoms with Crippen molar-refractivity contribution in [2.75, 3.05) is 19.7 Å². The molecule has 2 rings (SSSR count). The largest absolute Gasteiger partial charge is 0.494 e. The van der Waals surface area contributed by atoms with E-state index in [-0.39, 0.29) is 24.0 Å². The van der Waals surface area contributed by atoms with Gasteiger partial charge in [0.2, 0.25) is 0 Å². The van der Waals surface area contributed by atoms with Crippen LogP contribution in [0.25, 0.3) is 0 Å². The number of rotatable bonds is 8. The standard InChI is InChI=1S/C17H26N6O.HI/c1-4-18-17(20-12-16-21-13-22-23(16)3)19-10-5-11-24-15-8-6-14(2)7-9-15;/h6-9,13H,4-5,10-12H2,1-3H3,(H2,18,19,20);1H. The number of nitrogens with zero attached hydrogens (tertiary/aromatic N) is 4. The number of benzene rings is 1. The van der Waals surface area contributed by atoms with Crippen LogP contribution < -0.4 is 15.4 Å². The maximum atomic E-state index is 5.72. The van der Waals surface area contributed by atoms with Crippen LogP contribution >= 0.6 is 24.0 Å². The number of hydrogen-bond acceptors (Lipinski definition) is 4. The molecule has 2 N–H and O–H groups in total. The van der Waals surface area contributed by atoms with Crippen LogP contribution in [0.5, 0.6) is 5.75 Å². The lowest BCUT2D eigenvalue weighted by atomic mass is 10.2. The van der Waals surface area contributed by atoms with Gasteiger partial charge in [0.05, 0.1) is 6.61 Å². The predicted molar refractivity (Wildman–Crippen MR) is 111 cm³/mol. The molecule has 0 atom stereocenters. The van der Waals surface area contributed by atoms with E-state index in [1.165, 1.54) is 11.9 Å². The molecule has 0 unspecified atom stereocenters.